The summed E-state index contributed by atoms with van der Waals surface area (Å²) < 4.78 is 5.92. The van der Waals surface area contributed by atoms with Crippen molar-refractivity contribution in [2.24, 2.45) is 4.99 Å². The summed E-state index contributed by atoms with van der Waals surface area (Å²) in [6.45, 7) is 2.27. The lowest BCUT2D eigenvalue weighted by molar-refractivity contribution is -0.115. The molecule has 1 heterocycles. The molecular weight excluding hydrogens is 404 g/mol. The molecule has 3 rings (SSSR count). The van der Waals surface area contributed by atoms with E-state index in [1.54, 1.807) is 18.2 Å². The summed E-state index contributed by atoms with van der Waals surface area (Å²) in [6, 6.07) is 12.8. The number of halogens is 1. The molecule has 2 aromatic rings. The van der Waals surface area contributed by atoms with E-state index in [9.17, 15) is 9.90 Å². The van der Waals surface area contributed by atoms with Crippen LogP contribution in [0.3, 0.4) is 0 Å². The SMILES string of the molecule is CCOc1cc(/C=C2/SC(=Nc3ccccc3)NC2=O)cc(Br)c1O. The number of carbonyl (C=O) groups is 1. The van der Waals surface area contributed by atoms with E-state index in [2.05, 4.69) is 26.2 Å². The number of hydrogen-bond donors (Lipinski definition) is 2. The molecule has 0 aliphatic carbocycles. The molecule has 0 saturated carbocycles. The Morgan fingerprint density at radius 3 is 2.80 bits per heavy atom. The minimum atomic E-state index is -0.207. The third-order valence-corrected chi connectivity index (χ3v) is 4.80. The van der Waals surface area contributed by atoms with Gasteiger partial charge in [-0.15, -0.1) is 0 Å². The normalized spacial score (nSPS) is 17.1. The van der Waals surface area contributed by atoms with Gasteiger partial charge in [-0.05, 0) is 70.5 Å². The van der Waals surface area contributed by atoms with Crippen LogP contribution in [-0.4, -0.2) is 22.8 Å². The number of nitrogens with one attached hydrogen (secondary N) is 1. The van der Waals surface area contributed by atoms with Crippen LogP contribution in [-0.2, 0) is 4.79 Å². The molecule has 0 spiro atoms. The maximum Gasteiger partial charge on any atom is 0.264 e. The molecule has 1 aliphatic rings. The van der Waals surface area contributed by atoms with Crippen LogP contribution in [0.5, 0.6) is 11.5 Å². The van der Waals surface area contributed by atoms with Crippen molar-refractivity contribution in [3.05, 3.63) is 57.4 Å². The summed E-state index contributed by atoms with van der Waals surface area (Å²) in [5.41, 5.74) is 1.52. The van der Waals surface area contributed by atoms with Gasteiger partial charge in [-0.2, -0.15) is 0 Å². The number of hydrogen-bond acceptors (Lipinski definition) is 5. The van der Waals surface area contributed by atoms with E-state index in [1.807, 2.05) is 37.3 Å². The van der Waals surface area contributed by atoms with Crippen molar-refractivity contribution >= 4 is 50.5 Å². The van der Waals surface area contributed by atoms with Crippen LogP contribution >= 0.6 is 27.7 Å². The molecule has 1 amide bonds. The highest BCUT2D eigenvalue weighted by molar-refractivity contribution is 9.10. The Balaban J connectivity index is 1.87. The lowest BCUT2D eigenvalue weighted by Crippen LogP contribution is -2.19. The molecule has 1 fully saturated rings. The number of amidine groups is 1. The van der Waals surface area contributed by atoms with Crippen LogP contribution in [0.2, 0.25) is 0 Å². The molecule has 0 atom stereocenters. The number of phenols is 1. The van der Waals surface area contributed by atoms with E-state index in [1.165, 1.54) is 11.8 Å². The number of aliphatic imine (C=N–C) groups is 1. The van der Waals surface area contributed by atoms with E-state index in [4.69, 9.17) is 4.74 Å². The Hall–Kier alpha value is -2.25. The van der Waals surface area contributed by atoms with E-state index < -0.39 is 0 Å². The van der Waals surface area contributed by atoms with Crippen molar-refractivity contribution in [3.8, 4) is 11.5 Å². The predicted octanol–water partition coefficient (Wildman–Crippen LogP) is 4.45. The summed E-state index contributed by atoms with van der Waals surface area (Å²) in [4.78, 5) is 17.1. The Kier molecular flexibility index (Phi) is 5.45. The van der Waals surface area contributed by atoms with Crippen LogP contribution in [0.25, 0.3) is 6.08 Å². The third kappa shape index (κ3) is 4.24. The van der Waals surface area contributed by atoms with Crippen LogP contribution in [0, 0.1) is 0 Å². The first-order valence-corrected chi connectivity index (χ1v) is 9.17. The number of phenolic OH excluding ortho intramolecular Hbond substituents is 1. The fraction of sp³-hybridized carbons (Fsp3) is 0.111. The van der Waals surface area contributed by atoms with Crippen LogP contribution in [0.1, 0.15) is 12.5 Å². The number of rotatable bonds is 4. The third-order valence-electron chi connectivity index (χ3n) is 3.29. The fourth-order valence-corrected chi connectivity index (χ4v) is 3.50. The number of thioether (sulfide) groups is 1. The zero-order valence-electron chi connectivity index (χ0n) is 13.3. The molecule has 7 heteroatoms. The monoisotopic (exact) mass is 418 g/mol. The van der Waals surface area contributed by atoms with Crippen LogP contribution < -0.4 is 10.1 Å². The first-order valence-electron chi connectivity index (χ1n) is 7.56. The summed E-state index contributed by atoms with van der Waals surface area (Å²) in [6.07, 6.45) is 1.74. The van der Waals surface area contributed by atoms with Crippen molar-refractivity contribution < 1.29 is 14.6 Å². The van der Waals surface area contributed by atoms with E-state index in [0.717, 1.165) is 11.3 Å². The summed E-state index contributed by atoms with van der Waals surface area (Å²) in [5.74, 6) is 0.200. The minimum Gasteiger partial charge on any atom is -0.503 e. The van der Waals surface area contributed by atoms with Crippen LogP contribution in [0.15, 0.2) is 56.8 Å². The Morgan fingerprint density at radius 1 is 1.32 bits per heavy atom. The highest BCUT2D eigenvalue weighted by Crippen LogP contribution is 2.37. The minimum absolute atomic E-state index is 0.0406. The van der Waals surface area contributed by atoms with Gasteiger partial charge in [0.05, 0.1) is 21.7 Å². The van der Waals surface area contributed by atoms with Crippen molar-refractivity contribution in [1.82, 2.24) is 5.32 Å². The quantitative estimate of drug-likeness (QED) is 0.719. The molecule has 0 bridgehead atoms. The number of nitrogens with zero attached hydrogens (tertiary/aromatic N) is 1. The van der Waals surface area contributed by atoms with Crippen molar-refractivity contribution in [1.29, 1.82) is 0 Å². The lowest BCUT2D eigenvalue weighted by atomic mass is 10.2. The van der Waals surface area contributed by atoms with E-state index in [-0.39, 0.29) is 11.7 Å². The summed E-state index contributed by atoms with van der Waals surface area (Å²) in [7, 11) is 0. The van der Waals surface area contributed by atoms with Crippen molar-refractivity contribution in [3.63, 3.8) is 0 Å². The number of ether oxygens (including phenoxy) is 1. The molecule has 0 unspecified atom stereocenters. The first kappa shape index (κ1) is 17.6. The molecule has 5 nitrogen and oxygen atoms in total. The second-order valence-corrected chi connectivity index (χ2v) is 6.98. The number of aromatic hydroxyl groups is 1. The number of amides is 1. The molecule has 0 aromatic heterocycles. The predicted molar refractivity (Wildman–Crippen MR) is 104 cm³/mol. The van der Waals surface area contributed by atoms with Gasteiger partial charge < -0.3 is 15.2 Å². The highest BCUT2D eigenvalue weighted by atomic mass is 79.9. The topological polar surface area (TPSA) is 70.9 Å². The second kappa shape index (κ2) is 7.76. The van der Waals surface area contributed by atoms with Crippen molar-refractivity contribution in [2.45, 2.75) is 6.92 Å². The van der Waals surface area contributed by atoms with Gasteiger partial charge in [-0.25, -0.2) is 4.99 Å². The van der Waals surface area contributed by atoms with Crippen LogP contribution in [0.4, 0.5) is 5.69 Å². The van der Waals surface area contributed by atoms with Gasteiger partial charge in [0, 0.05) is 0 Å². The highest BCUT2D eigenvalue weighted by Gasteiger charge is 2.24. The Labute approximate surface area is 157 Å². The standard InChI is InChI=1S/C18H15BrN2O3S/c1-2-24-14-9-11(8-13(19)16(14)22)10-15-17(23)21-18(25-15)20-12-6-4-3-5-7-12/h3-10,22H,2H2,1H3,(H,20,21,23)/b15-10+. The molecule has 2 N–H and O–H groups in total. The number of para-hydroxylation sites is 1. The van der Waals surface area contributed by atoms with Crippen molar-refractivity contribution in [2.75, 3.05) is 6.61 Å². The summed E-state index contributed by atoms with van der Waals surface area (Å²) >= 11 is 4.57. The Morgan fingerprint density at radius 2 is 2.08 bits per heavy atom. The van der Waals surface area contributed by atoms with E-state index in [0.29, 0.717) is 26.9 Å². The van der Waals surface area contributed by atoms with Gasteiger partial charge in [0.25, 0.3) is 5.91 Å². The van der Waals surface area contributed by atoms with Gasteiger partial charge in [0.1, 0.15) is 0 Å². The maximum absolute atomic E-state index is 12.2. The van der Waals surface area contributed by atoms with E-state index >= 15 is 0 Å². The zero-order valence-corrected chi connectivity index (χ0v) is 15.7. The number of benzene rings is 2. The molecule has 1 aliphatic heterocycles. The maximum atomic E-state index is 12.2. The first-order chi connectivity index (χ1) is 12.1. The number of carbonyl (C=O) groups excluding carboxylic acids is 1. The second-order valence-electron chi connectivity index (χ2n) is 5.10. The largest absolute Gasteiger partial charge is 0.503 e. The summed E-state index contributed by atoms with van der Waals surface area (Å²) in [5, 5.41) is 13.3. The molecule has 1 saturated heterocycles. The molecule has 128 valence electrons. The zero-order chi connectivity index (χ0) is 17.8. The van der Waals surface area contributed by atoms with Gasteiger partial charge in [0.2, 0.25) is 0 Å². The molecule has 25 heavy (non-hydrogen) atoms. The molecular formula is C18H15BrN2O3S. The van der Waals surface area contributed by atoms with Gasteiger partial charge in [-0.1, -0.05) is 18.2 Å². The molecule has 0 radical (unpaired) electrons. The molecule has 2 aromatic carbocycles. The van der Waals surface area contributed by atoms with Gasteiger partial charge >= 0.3 is 0 Å². The smallest absolute Gasteiger partial charge is 0.264 e. The average Bonchev–Trinajstić information content (AvgIpc) is 2.92. The lowest BCUT2D eigenvalue weighted by Gasteiger charge is -2.08. The Bertz CT molecular complexity index is 866. The average molecular weight is 419 g/mol. The van der Waals surface area contributed by atoms with Gasteiger partial charge in [0.15, 0.2) is 16.7 Å². The fourth-order valence-electron chi connectivity index (χ4n) is 2.19. The van der Waals surface area contributed by atoms with Gasteiger partial charge in [-0.3, -0.25) is 4.79 Å².